The molecule has 0 bridgehead atoms. The highest BCUT2D eigenvalue weighted by Crippen LogP contribution is 2.31. The van der Waals surface area contributed by atoms with Crippen LogP contribution in [0.4, 0.5) is 17.1 Å². The Balaban J connectivity index is 1.46. The zero-order valence-corrected chi connectivity index (χ0v) is 14.7. The van der Waals surface area contributed by atoms with Gasteiger partial charge in [0.15, 0.2) is 0 Å². The van der Waals surface area contributed by atoms with E-state index in [9.17, 15) is 19.7 Å². The molecule has 2 aromatic rings. The number of non-ortho nitro benzene ring substituents is 1. The second-order valence-electron chi connectivity index (χ2n) is 7.01. The molecule has 1 aliphatic heterocycles. The van der Waals surface area contributed by atoms with Gasteiger partial charge in [0.25, 0.3) is 5.69 Å². The number of fused-ring (bicyclic) bond motifs is 1. The molecular weight excluding hydrogens is 346 g/mol. The summed E-state index contributed by atoms with van der Waals surface area (Å²) in [5, 5.41) is 13.6. The molecule has 7 heteroatoms. The standard InChI is InChI=1S/C20H19N3O4/c24-19-10-15(20(25)21-16-5-2-6-18(11-16)23(26)27)12-22(19)17-8-7-13-3-1-4-14(13)9-17/h2,5-9,11,15H,1,3-4,10,12H2,(H,21,25). The molecule has 2 amide bonds. The fourth-order valence-corrected chi connectivity index (χ4v) is 3.80. The minimum absolute atomic E-state index is 0.0767. The van der Waals surface area contributed by atoms with Crippen LogP contribution in [0.5, 0.6) is 0 Å². The molecule has 1 saturated heterocycles. The molecular formula is C20H19N3O4. The molecule has 7 nitrogen and oxygen atoms in total. The summed E-state index contributed by atoms with van der Waals surface area (Å²) in [6.07, 6.45) is 3.39. The largest absolute Gasteiger partial charge is 0.326 e. The van der Waals surface area contributed by atoms with E-state index in [0.29, 0.717) is 12.2 Å². The third-order valence-electron chi connectivity index (χ3n) is 5.21. The minimum Gasteiger partial charge on any atom is -0.326 e. The first-order valence-corrected chi connectivity index (χ1v) is 8.99. The number of nitro groups is 1. The Morgan fingerprint density at radius 1 is 1.15 bits per heavy atom. The van der Waals surface area contributed by atoms with Crippen molar-refractivity contribution < 1.29 is 14.5 Å². The van der Waals surface area contributed by atoms with E-state index in [2.05, 4.69) is 17.4 Å². The fraction of sp³-hybridized carbons (Fsp3) is 0.300. The van der Waals surface area contributed by atoms with Gasteiger partial charge in [-0.3, -0.25) is 19.7 Å². The lowest BCUT2D eigenvalue weighted by Crippen LogP contribution is -2.28. The average molecular weight is 365 g/mol. The fourth-order valence-electron chi connectivity index (χ4n) is 3.80. The number of anilines is 2. The first-order chi connectivity index (χ1) is 13.0. The molecule has 0 spiro atoms. The molecule has 27 heavy (non-hydrogen) atoms. The predicted octanol–water partition coefficient (Wildman–Crippen LogP) is 3.08. The van der Waals surface area contributed by atoms with Crippen LogP contribution in [0.3, 0.4) is 0 Å². The van der Waals surface area contributed by atoms with Crippen molar-refractivity contribution in [3.63, 3.8) is 0 Å². The van der Waals surface area contributed by atoms with E-state index in [1.165, 1.54) is 29.3 Å². The number of hydrogen-bond donors (Lipinski definition) is 1. The Labute approximate surface area is 156 Å². The van der Waals surface area contributed by atoms with Crippen LogP contribution in [-0.4, -0.2) is 23.3 Å². The number of benzene rings is 2. The van der Waals surface area contributed by atoms with Gasteiger partial charge in [-0.15, -0.1) is 0 Å². The third-order valence-corrected chi connectivity index (χ3v) is 5.21. The van der Waals surface area contributed by atoms with Crippen molar-refractivity contribution in [1.29, 1.82) is 0 Å². The van der Waals surface area contributed by atoms with Crippen LogP contribution in [0.2, 0.25) is 0 Å². The van der Waals surface area contributed by atoms with Gasteiger partial charge in [0.2, 0.25) is 11.8 Å². The molecule has 138 valence electrons. The number of nitrogens with one attached hydrogen (secondary N) is 1. The monoisotopic (exact) mass is 365 g/mol. The molecule has 1 N–H and O–H groups in total. The van der Waals surface area contributed by atoms with Crippen LogP contribution in [0.25, 0.3) is 0 Å². The van der Waals surface area contributed by atoms with Crippen LogP contribution in [0, 0.1) is 16.0 Å². The Hall–Kier alpha value is -3.22. The van der Waals surface area contributed by atoms with Crippen molar-refractivity contribution in [3.05, 3.63) is 63.7 Å². The lowest BCUT2D eigenvalue weighted by Gasteiger charge is -2.18. The molecule has 1 unspecified atom stereocenters. The second-order valence-corrected chi connectivity index (χ2v) is 7.01. The van der Waals surface area contributed by atoms with Crippen molar-refractivity contribution >= 4 is 28.9 Å². The maximum absolute atomic E-state index is 12.5. The quantitative estimate of drug-likeness (QED) is 0.666. The van der Waals surface area contributed by atoms with Gasteiger partial charge >= 0.3 is 0 Å². The summed E-state index contributed by atoms with van der Waals surface area (Å²) in [5.74, 6) is -0.857. The summed E-state index contributed by atoms with van der Waals surface area (Å²) in [6, 6.07) is 11.9. The van der Waals surface area contributed by atoms with Crippen LogP contribution < -0.4 is 10.2 Å². The topological polar surface area (TPSA) is 92.5 Å². The molecule has 0 radical (unpaired) electrons. The summed E-state index contributed by atoms with van der Waals surface area (Å²) < 4.78 is 0. The summed E-state index contributed by atoms with van der Waals surface area (Å²) in [7, 11) is 0. The van der Waals surface area contributed by atoms with Crippen molar-refractivity contribution in [2.24, 2.45) is 5.92 Å². The minimum atomic E-state index is -0.510. The van der Waals surface area contributed by atoms with E-state index in [4.69, 9.17) is 0 Å². The maximum Gasteiger partial charge on any atom is 0.271 e. The predicted molar refractivity (Wildman–Crippen MR) is 101 cm³/mol. The van der Waals surface area contributed by atoms with E-state index >= 15 is 0 Å². The van der Waals surface area contributed by atoms with Gasteiger partial charge in [0.05, 0.1) is 10.8 Å². The van der Waals surface area contributed by atoms with Crippen LogP contribution in [0.1, 0.15) is 24.0 Å². The number of rotatable bonds is 4. The molecule has 0 aromatic heterocycles. The van der Waals surface area contributed by atoms with Gasteiger partial charge in [-0.2, -0.15) is 0 Å². The Bertz CT molecular complexity index is 941. The van der Waals surface area contributed by atoms with Crippen LogP contribution in [-0.2, 0) is 22.4 Å². The molecule has 0 saturated carbocycles. The number of nitrogens with zero attached hydrogens (tertiary/aromatic N) is 2. The van der Waals surface area contributed by atoms with E-state index in [1.807, 2.05) is 6.07 Å². The molecule has 2 aliphatic rings. The third kappa shape index (κ3) is 3.40. The van der Waals surface area contributed by atoms with E-state index in [1.54, 1.807) is 11.0 Å². The molecule has 4 rings (SSSR count). The summed E-state index contributed by atoms with van der Waals surface area (Å²) in [5.41, 5.74) is 3.73. The number of carbonyl (C=O) groups excluding carboxylic acids is 2. The van der Waals surface area contributed by atoms with E-state index in [0.717, 1.165) is 24.9 Å². The molecule has 2 aromatic carbocycles. The number of amides is 2. The Morgan fingerprint density at radius 3 is 2.78 bits per heavy atom. The molecule has 1 fully saturated rings. The smallest absolute Gasteiger partial charge is 0.271 e. The highest BCUT2D eigenvalue weighted by molar-refractivity contribution is 6.03. The summed E-state index contributed by atoms with van der Waals surface area (Å²) >= 11 is 0. The van der Waals surface area contributed by atoms with Crippen molar-refractivity contribution in [3.8, 4) is 0 Å². The van der Waals surface area contributed by atoms with Gasteiger partial charge in [-0.25, -0.2) is 0 Å². The molecule has 1 atom stereocenters. The second kappa shape index (κ2) is 6.83. The molecule has 1 aliphatic carbocycles. The normalized spacial score (nSPS) is 18.4. The van der Waals surface area contributed by atoms with E-state index < -0.39 is 10.8 Å². The highest BCUT2D eigenvalue weighted by atomic mass is 16.6. The zero-order chi connectivity index (χ0) is 19.0. The van der Waals surface area contributed by atoms with Gasteiger partial charge in [0, 0.05) is 36.5 Å². The van der Waals surface area contributed by atoms with Crippen LogP contribution in [0.15, 0.2) is 42.5 Å². The summed E-state index contributed by atoms with van der Waals surface area (Å²) in [6.45, 7) is 0.318. The first kappa shape index (κ1) is 17.2. The SMILES string of the molecule is O=C(Nc1cccc([N+](=O)[O-])c1)C1CC(=O)N(c2ccc3c(c2)CCC3)C1. The van der Waals surface area contributed by atoms with Gasteiger partial charge in [-0.1, -0.05) is 12.1 Å². The van der Waals surface area contributed by atoms with Gasteiger partial charge in [-0.05, 0) is 48.6 Å². The van der Waals surface area contributed by atoms with Crippen molar-refractivity contribution in [2.45, 2.75) is 25.7 Å². The van der Waals surface area contributed by atoms with Gasteiger partial charge < -0.3 is 10.2 Å². The lowest BCUT2D eigenvalue weighted by molar-refractivity contribution is -0.384. The summed E-state index contributed by atoms with van der Waals surface area (Å²) in [4.78, 5) is 37.0. The number of nitro benzene ring substituents is 1. The number of hydrogen-bond acceptors (Lipinski definition) is 4. The average Bonchev–Trinajstić information content (AvgIpc) is 3.27. The zero-order valence-electron chi connectivity index (χ0n) is 14.7. The highest BCUT2D eigenvalue weighted by Gasteiger charge is 2.35. The van der Waals surface area contributed by atoms with E-state index in [-0.39, 0.29) is 23.9 Å². The molecule has 1 heterocycles. The van der Waals surface area contributed by atoms with Crippen LogP contribution >= 0.6 is 0 Å². The number of aryl methyl sites for hydroxylation is 2. The Morgan fingerprint density at radius 2 is 1.96 bits per heavy atom. The van der Waals surface area contributed by atoms with Gasteiger partial charge in [0.1, 0.15) is 0 Å². The number of carbonyl (C=O) groups is 2. The maximum atomic E-state index is 12.5. The first-order valence-electron chi connectivity index (χ1n) is 8.99. The lowest BCUT2D eigenvalue weighted by atomic mass is 10.1. The Kier molecular flexibility index (Phi) is 4.35. The van der Waals surface area contributed by atoms with Crippen molar-refractivity contribution in [1.82, 2.24) is 0 Å². The van der Waals surface area contributed by atoms with Crippen molar-refractivity contribution in [2.75, 3.05) is 16.8 Å².